The summed E-state index contributed by atoms with van der Waals surface area (Å²) in [6.07, 6.45) is -4.44. The molecule has 1 aliphatic rings. The molecule has 1 heterocycles. The molecule has 0 saturated carbocycles. The molecule has 2 atom stereocenters. The first kappa shape index (κ1) is 10.3. The zero-order valence-corrected chi connectivity index (χ0v) is 6.77. The van der Waals surface area contributed by atoms with E-state index in [4.69, 9.17) is 5.11 Å². The van der Waals surface area contributed by atoms with Crippen LogP contribution in [0.4, 0.5) is 13.2 Å². The quantitative estimate of drug-likeness (QED) is 0.659. The Morgan fingerprint density at radius 2 is 2.08 bits per heavy atom. The lowest BCUT2D eigenvalue weighted by Gasteiger charge is -2.29. The van der Waals surface area contributed by atoms with Crippen molar-refractivity contribution in [3.05, 3.63) is 0 Å². The zero-order valence-electron chi connectivity index (χ0n) is 6.77. The number of carboxylic acid groups (broad SMARTS) is 1. The molecule has 1 aliphatic heterocycles. The van der Waals surface area contributed by atoms with E-state index in [1.54, 1.807) is 0 Å². The van der Waals surface area contributed by atoms with Crippen LogP contribution in [0.3, 0.4) is 0 Å². The van der Waals surface area contributed by atoms with Crippen molar-refractivity contribution in [2.45, 2.75) is 25.1 Å². The highest BCUT2D eigenvalue weighted by atomic mass is 19.4. The first-order valence-electron chi connectivity index (χ1n) is 3.94. The molecule has 0 aliphatic carbocycles. The van der Waals surface area contributed by atoms with E-state index in [1.807, 2.05) is 0 Å². The summed E-state index contributed by atoms with van der Waals surface area (Å²) in [6.45, 7) is 0.112. The number of hydrogen-bond donors (Lipinski definition) is 2. The molecular formula is C7H10F3NO2. The first-order chi connectivity index (χ1) is 5.91. The van der Waals surface area contributed by atoms with Crippen molar-refractivity contribution in [1.29, 1.82) is 0 Å². The summed E-state index contributed by atoms with van der Waals surface area (Å²) in [6, 6.07) is -1.66. The van der Waals surface area contributed by atoms with Crippen LogP contribution in [0.2, 0.25) is 0 Å². The van der Waals surface area contributed by atoms with E-state index in [9.17, 15) is 18.0 Å². The molecule has 0 aromatic rings. The van der Waals surface area contributed by atoms with Crippen molar-refractivity contribution in [3.8, 4) is 0 Å². The summed E-state index contributed by atoms with van der Waals surface area (Å²) >= 11 is 0. The van der Waals surface area contributed by atoms with E-state index >= 15 is 0 Å². The predicted molar refractivity (Wildman–Crippen MR) is 38.2 cm³/mol. The third kappa shape index (κ3) is 2.58. The number of rotatable bonds is 1. The minimum atomic E-state index is -4.34. The summed E-state index contributed by atoms with van der Waals surface area (Å²) in [5.74, 6) is -2.01. The fourth-order valence-corrected chi connectivity index (χ4v) is 1.39. The molecule has 1 rings (SSSR count). The van der Waals surface area contributed by atoms with Crippen LogP contribution in [0, 0.1) is 5.92 Å². The van der Waals surface area contributed by atoms with Crippen molar-refractivity contribution >= 4 is 5.97 Å². The number of nitrogens with one attached hydrogen (secondary N) is 1. The average Bonchev–Trinajstić information content (AvgIpc) is 2.03. The molecule has 0 aromatic heterocycles. The van der Waals surface area contributed by atoms with E-state index in [0.29, 0.717) is 0 Å². The lowest BCUT2D eigenvalue weighted by atomic mass is 9.92. The fraction of sp³-hybridized carbons (Fsp3) is 0.857. The second-order valence-electron chi connectivity index (χ2n) is 3.11. The largest absolute Gasteiger partial charge is 0.481 e. The van der Waals surface area contributed by atoms with Crippen LogP contribution in [-0.4, -0.2) is 29.8 Å². The maximum Gasteiger partial charge on any atom is 0.403 e. The van der Waals surface area contributed by atoms with Gasteiger partial charge in [-0.25, -0.2) is 0 Å². The van der Waals surface area contributed by atoms with Gasteiger partial charge in [-0.05, 0) is 19.4 Å². The Balaban J connectivity index is 2.57. The Kier molecular flexibility index (Phi) is 2.80. The van der Waals surface area contributed by atoms with Crippen molar-refractivity contribution in [2.24, 2.45) is 5.92 Å². The molecule has 76 valence electrons. The Labute approximate surface area is 72.9 Å². The van der Waals surface area contributed by atoms with Crippen LogP contribution >= 0.6 is 0 Å². The minimum Gasteiger partial charge on any atom is -0.481 e. The molecule has 0 unspecified atom stereocenters. The van der Waals surface area contributed by atoms with E-state index in [2.05, 4.69) is 5.32 Å². The van der Waals surface area contributed by atoms with Gasteiger partial charge in [-0.3, -0.25) is 4.79 Å². The molecule has 0 aromatic carbocycles. The molecule has 0 spiro atoms. The molecule has 6 heteroatoms. The number of halogens is 3. The molecule has 0 radical (unpaired) electrons. The van der Waals surface area contributed by atoms with Gasteiger partial charge in [0.2, 0.25) is 0 Å². The Hall–Kier alpha value is -0.780. The standard InChI is InChI=1S/C7H10F3NO2/c8-7(9,10)5-3-4(6(12)13)1-2-11-5/h4-5,11H,1-3H2,(H,12,13)/t4-,5-/m1/s1. The maximum absolute atomic E-state index is 12.1. The summed E-state index contributed by atoms with van der Waals surface area (Å²) in [5, 5.41) is 10.8. The summed E-state index contributed by atoms with van der Waals surface area (Å²) in [7, 11) is 0. The molecule has 3 nitrogen and oxygen atoms in total. The SMILES string of the molecule is O=C(O)[C@@H]1CCN[C@@H](C(F)(F)F)C1. The normalized spacial score (nSPS) is 30.1. The Morgan fingerprint density at radius 1 is 1.46 bits per heavy atom. The van der Waals surface area contributed by atoms with Gasteiger partial charge in [0.25, 0.3) is 0 Å². The molecule has 1 saturated heterocycles. The number of alkyl halides is 3. The van der Waals surface area contributed by atoms with Crippen LogP contribution in [0.1, 0.15) is 12.8 Å². The fourth-order valence-electron chi connectivity index (χ4n) is 1.39. The molecule has 1 fully saturated rings. The summed E-state index contributed by atoms with van der Waals surface area (Å²) in [5.41, 5.74) is 0. The van der Waals surface area contributed by atoms with E-state index in [1.165, 1.54) is 0 Å². The van der Waals surface area contributed by atoms with E-state index in [-0.39, 0.29) is 19.4 Å². The number of hydrogen-bond acceptors (Lipinski definition) is 2. The minimum absolute atomic E-state index is 0.112. The molecule has 13 heavy (non-hydrogen) atoms. The topological polar surface area (TPSA) is 49.3 Å². The monoisotopic (exact) mass is 197 g/mol. The lowest BCUT2D eigenvalue weighted by molar-refractivity contribution is -0.168. The van der Waals surface area contributed by atoms with Crippen LogP contribution in [0.15, 0.2) is 0 Å². The van der Waals surface area contributed by atoms with Crippen LogP contribution in [-0.2, 0) is 4.79 Å². The van der Waals surface area contributed by atoms with Gasteiger partial charge in [-0.15, -0.1) is 0 Å². The number of aliphatic carboxylic acids is 1. The van der Waals surface area contributed by atoms with Crippen molar-refractivity contribution in [3.63, 3.8) is 0 Å². The van der Waals surface area contributed by atoms with Gasteiger partial charge in [-0.1, -0.05) is 0 Å². The molecule has 0 bridgehead atoms. The van der Waals surface area contributed by atoms with Crippen LogP contribution in [0.25, 0.3) is 0 Å². The highest BCUT2D eigenvalue weighted by molar-refractivity contribution is 5.70. The summed E-state index contributed by atoms with van der Waals surface area (Å²) < 4.78 is 36.4. The molecular weight excluding hydrogens is 187 g/mol. The van der Waals surface area contributed by atoms with Gasteiger partial charge in [0.15, 0.2) is 0 Å². The van der Waals surface area contributed by atoms with Crippen molar-refractivity contribution < 1.29 is 23.1 Å². The molecule has 2 N–H and O–H groups in total. The number of carboxylic acids is 1. The van der Waals surface area contributed by atoms with Gasteiger partial charge in [0, 0.05) is 0 Å². The van der Waals surface area contributed by atoms with Crippen molar-refractivity contribution in [1.82, 2.24) is 5.32 Å². The number of piperidine rings is 1. The summed E-state index contributed by atoms with van der Waals surface area (Å²) in [4.78, 5) is 10.4. The first-order valence-corrected chi connectivity index (χ1v) is 3.94. The van der Waals surface area contributed by atoms with Gasteiger partial charge < -0.3 is 10.4 Å². The Morgan fingerprint density at radius 3 is 2.54 bits per heavy atom. The van der Waals surface area contributed by atoms with Crippen LogP contribution in [0.5, 0.6) is 0 Å². The van der Waals surface area contributed by atoms with Crippen LogP contribution < -0.4 is 5.32 Å². The highest BCUT2D eigenvalue weighted by Crippen LogP contribution is 2.28. The van der Waals surface area contributed by atoms with Gasteiger partial charge >= 0.3 is 12.1 Å². The maximum atomic E-state index is 12.1. The lowest BCUT2D eigenvalue weighted by Crippen LogP contribution is -2.48. The predicted octanol–water partition coefficient (Wildman–Crippen LogP) is 1.00. The van der Waals surface area contributed by atoms with Gasteiger partial charge in [0.1, 0.15) is 6.04 Å². The third-order valence-electron chi connectivity index (χ3n) is 2.15. The highest BCUT2D eigenvalue weighted by Gasteiger charge is 2.43. The van der Waals surface area contributed by atoms with E-state index in [0.717, 1.165) is 0 Å². The smallest absolute Gasteiger partial charge is 0.403 e. The third-order valence-corrected chi connectivity index (χ3v) is 2.15. The average molecular weight is 197 g/mol. The van der Waals surface area contributed by atoms with Crippen molar-refractivity contribution in [2.75, 3.05) is 6.54 Å². The second kappa shape index (κ2) is 3.53. The Bertz CT molecular complexity index is 204. The van der Waals surface area contributed by atoms with E-state index < -0.39 is 24.1 Å². The zero-order chi connectivity index (χ0) is 10.1. The van der Waals surface area contributed by atoms with Gasteiger partial charge in [0.05, 0.1) is 5.92 Å². The number of carbonyl (C=O) groups is 1. The van der Waals surface area contributed by atoms with Gasteiger partial charge in [-0.2, -0.15) is 13.2 Å². The molecule has 0 amide bonds. The second-order valence-corrected chi connectivity index (χ2v) is 3.11.